The van der Waals surface area contributed by atoms with Crippen LogP contribution in [0.4, 0.5) is 0 Å². The molecule has 1 N–H and O–H groups in total. The van der Waals surface area contributed by atoms with Gasteiger partial charge in [0, 0.05) is 52.4 Å². The van der Waals surface area contributed by atoms with Crippen LogP contribution in [0.3, 0.4) is 0 Å². The zero-order chi connectivity index (χ0) is 19.3. The van der Waals surface area contributed by atoms with Crippen molar-refractivity contribution >= 4 is 5.96 Å². The van der Waals surface area contributed by atoms with Gasteiger partial charge >= 0.3 is 0 Å². The van der Waals surface area contributed by atoms with E-state index in [0.29, 0.717) is 0 Å². The molecule has 2 heterocycles. The molecule has 0 aliphatic carbocycles. The van der Waals surface area contributed by atoms with E-state index in [9.17, 15) is 0 Å². The van der Waals surface area contributed by atoms with Crippen molar-refractivity contribution < 1.29 is 4.52 Å². The summed E-state index contributed by atoms with van der Waals surface area (Å²) in [5.41, 5.74) is 3.81. The van der Waals surface area contributed by atoms with E-state index < -0.39 is 0 Å². The molecule has 1 aliphatic heterocycles. The fourth-order valence-electron chi connectivity index (χ4n) is 3.30. The highest BCUT2D eigenvalue weighted by atomic mass is 16.5. The van der Waals surface area contributed by atoms with Crippen LogP contribution in [0.1, 0.15) is 37.6 Å². The SMILES string of the molecule is CN=C(NCc1ccc(C(C)(C)C)cc1)N1CCN(Cc2ccon2)CC1. The van der Waals surface area contributed by atoms with E-state index in [0.717, 1.165) is 50.9 Å². The van der Waals surface area contributed by atoms with Crippen LogP contribution in [-0.2, 0) is 18.5 Å². The second-order valence-corrected chi connectivity index (χ2v) is 8.10. The van der Waals surface area contributed by atoms with E-state index in [1.54, 1.807) is 6.26 Å². The molecule has 0 unspecified atom stereocenters. The number of hydrogen-bond donors (Lipinski definition) is 1. The molecule has 1 aromatic carbocycles. The largest absolute Gasteiger partial charge is 0.364 e. The zero-order valence-electron chi connectivity index (χ0n) is 16.9. The Morgan fingerprint density at radius 1 is 1.11 bits per heavy atom. The topological polar surface area (TPSA) is 56.9 Å². The highest BCUT2D eigenvalue weighted by Gasteiger charge is 2.20. The smallest absolute Gasteiger partial charge is 0.194 e. The van der Waals surface area contributed by atoms with Crippen LogP contribution in [0.25, 0.3) is 0 Å². The zero-order valence-corrected chi connectivity index (χ0v) is 16.9. The van der Waals surface area contributed by atoms with Gasteiger partial charge in [-0.3, -0.25) is 9.89 Å². The number of nitrogens with one attached hydrogen (secondary N) is 1. The van der Waals surface area contributed by atoms with Gasteiger partial charge in [0.1, 0.15) is 6.26 Å². The number of aliphatic imine (C=N–C) groups is 1. The lowest BCUT2D eigenvalue weighted by molar-refractivity contribution is 0.169. The number of nitrogens with zero attached hydrogens (tertiary/aromatic N) is 4. The summed E-state index contributed by atoms with van der Waals surface area (Å²) in [6, 6.07) is 10.8. The van der Waals surface area contributed by atoms with E-state index in [1.807, 2.05) is 13.1 Å². The quantitative estimate of drug-likeness (QED) is 0.663. The summed E-state index contributed by atoms with van der Waals surface area (Å²) in [6.45, 7) is 12.3. The Kier molecular flexibility index (Phi) is 6.16. The van der Waals surface area contributed by atoms with Crippen LogP contribution >= 0.6 is 0 Å². The third kappa shape index (κ3) is 5.32. The molecule has 0 atom stereocenters. The van der Waals surface area contributed by atoms with E-state index in [4.69, 9.17) is 4.52 Å². The summed E-state index contributed by atoms with van der Waals surface area (Å²) < 4.78 is 4.92. The molecule has 0 spiro atoms. The standard InChI is InChI=1S/C21H31N5O/c1-21(2,3)18-7-5-17(6-8-18)15-23-20(22-4)26-12-10-25(11-13-26)16-19-9-14-27-24-19/h5-9,14H,10-13,15-16H2,1-4H3,(H,22,23). The summed E-state index contributed by atoms with van der Waals surface area (Å²) in [7, 11) is 1.85. The number of rotatable bonds is 4. The Morgan fingerprint density at radius 3 is 2.37 bits per heavy atom. The fraction of sp³-hybridized carbons (Fsp3) is 0.524. The minimum atomic E-state index is 0.188. The number of piperazine rings is 1. The van der Waals surface area contributed by atoms with Gasteiger partial charge in [0.2, 0.25) is 0 Å². The molecule has 0 radical (unpaired) electrons. The lowest BCUT2D eigenvalue weighted by Gasteiger charge is -2.36. The summed E-state index contributed by atoms with van der Waals surface area (Å²) in [5, 5.41) is 7.50. The van der Waals surface area contributed by atoms with Gasteiger partial charge in [-0.05, 0) is 16.5 Å². The first-order chi connectivity index (χ1) is 13.0. The van der Waals surface area contributed by atoms with E-state index in [2.05, 4.69) is 70.3 Å². The van der Waals surface area contributed by atoms with Gasteiger partial charge in [-0.15, -0.1) is 0 Å². The summed E-state index contributed by atoms with van der Waals surface area (Å²) >= 11 is 0. The Balaban J connectivity index is 1.48. The summed E-state index contributed by atoms with van der Waals surface area (Å²) in [6.07, 6.45) is 1.63. The predicted octanol–water partition coefficient (Wildman–Crippen LogP) is 2.87. The van der Waals surface area contributed by atoms with Crippen molar-refractivity contribution in [1.82, 2.24) is 20.3 Å². The summed E-state index contributed by atoms with van der Waals surface area (Å²) in [5.74, 6) is 0.969. The molecule has 146 valence electrons. The van der Waals surface area contributed by atoms with Crippen molar-refractivity contribution in [1.29, 1.82) is 0 Å². The second kappa shape index (κ2) is 8.57. The van der Waals surface area contributed by atoms with Crippen molar-refractivity contribution in [2.24, 2.45) is 4.99 Å². The number of hydrogen-bond acceptors (Lipinski definition) is 4. The molecule has 0 amide bonds. The lowest BCUT2D eigenvalue weighted by atomic mass is 9.87. The maximum absolute atomic E-state index is 4.92. The molecule has 1 aliphatic rings. The van der Waals surface area contributed by atoms with Gasteiger partial charge in [-0.25, -0.2) is 0 Å². The summed E-state index contributed by atoms with van der Waals surface area (Å²) in [4.78, 5) is 9.19. The molecule has 6 heteroatoms. The average molecular weight is 370 g/mol. The Bertz CT molecular complexity index is 723. The minimum absolute atomic E-state index is 0.188. The van der Waals surface area contributed by atoms with Gasteiger partial charge in [0.05, 0.1) is 5.69 Å². The molecule has 1 fully saturated rings. The van der Waals surface area contributed by atoms with E-state index in [1.165, 1.54) is 11.1 Å². The number of guanidine groups is 1. The van der Waals surface area contributed by atoms with Crippen LogP contribution in [0.5, 0.6) is 0 Å². The van der Waals surface area contributed by atoms with Gasteiger partial charge < -0.3 is 14.7 Å². The molecule has 0 bridgehead atoms. The maximum Gasteiger partial charge on any atom is 0.194 e. The third-order valence-corrected chi connectivity index (χ3v) is 5.03. The lowest BCUT2D eigenvalue weighted by Crippen LogP contribution is -2.52. The molecule has 27 heavy (non-hydrogen) atoms. The monoisotopic (exact) mass is 369 g/mol. The van der Waals surface area contributed by atoms with Crippen molar-refractivity contribution in [3.8, 4) is 0 Å². The van der Waals surface area contributed by atoms with Crippen molar-refractivity contribution in [2.45, 2.75) is 39.3 Å². The molecule has 3 rings (SSSR count). The number of aromatic nitrogens is 1. The van der Waals surface area contributed by atoms with Gasteiger partial charge in [-0.1, -0.05) is 50.2 Å². The van der Waals surface area contributed by atoms with E-state index >= 15 is 0 Å². The molecular weight excluding hydrogens is 338 g/mol. The number of benzene rings is 1. The first-order valence-corrected chi connectivity index (χ1v) is 9.62. The van der Waals surface area contributed by atoms with Crippen LogP contribution in [0.15, 0.2) is 46.1 Å². The van der Waals surface area contributed by atoms with Gasteiger partial charge in [-0.2, -0.15) is 0 Å². The third-order valence-electron chi connectivity index (χ3n) is 5.03. The molecule has 2 aromatic rings. The van der Waals surface area contributed by atoms with Crippen molar-refractivity contribution in [3.63, 3.8) is 0 Å². The Hall–Kier alpha value is -2.34. The maximum atomic E-state index is 4.92. The van der Waals surface area contributed by atoms with Crippen LogP contribution < -0.4 is 5.32 Å². The minimum Gasteiger partial charge on any atom is -0.364 e. The molecule has 0 saturated carbocycles. The second-order valence-electron chi connectivity index (χ2n) is 8.10. The van der Waals surface area contributed by atoms with Crippen molar-refractivity contribution in [2.75, 3.05) is 33.2 Å². The highest BCUT2D eigenvalue weighted by Crippen LogP contribution is 2.22. The fourth-order valence-corrected chi connectivity index (χ4v) is 3.30. The van der Waals surface area contributed by atoms with Gasteiger partial charge in [0.25, 0.3) is 0 Å². The molecule has 6 nitrogen and oxygen atoms in total. The van der Waals surface area contributed by atoms with Crippen molar-refractivity contribution in [3.05, 3.63) is 53.4 Å². The predicted molar refractivity (Wildman–Crippen MR) is 109 cm³/mol. The molecular formula is C21H31N5O. The Morgan fingerprint density at radius 2 is 1.81 bits per heavy atom. The Labute approximate surface area is 162 Å². The van der Waals surface area contributed by atoms with Gasteiger partial charge in [0.15, 0.2) is 5.96 Å². The average Bonchev–Trinajstić information content (AvgIpc) is 3.16. The first kappa shape index (κ1) is 19.4. The molecule has 1 aromatic heterocycles. The van der Waals surface area contributed by atoms with Crippen LogP contribution in [0, 0.1) is 0 Å². The van der Waals surface area contributed by atoms with Crippen LogP contribution in [-0.4, -0.2) is 54.1 Å². The van der Waals surface area contributed by atoms with Crippen LogP contribution in [0.2, 0.25) is 0 Å². The highest BCUT2D eigenvalue weighted by molar-refractivity contribution is 5.80. The van der Waals surface area contributed by atoms with E-state index in [-0.39, 0.29) is 5.41 Å². The normalized spacial score (nSPS) is 16.6. The first-order valence-electron chi connectivity index (χ1n) is 9.62. The molecule has 1 saturated heterocycles.